The first-order valence-corrected chi connectivity index (χ1v) is 8.15. The van der Waals surface area contributed by atoms with Crippen LogP contribution in [0.1, 0.15) is 43.2 Å². The maximum atomic E-state index is 5.63. The summed E-state index contributed by atoms with van der Waals surface area (Å²) in [6.45, 7) is 8.08. The Labute approximate surface area is 133 Å². The van der Waals surface area contributed by atoms with E-state index in [1.54, 1.807) is 0 Å². The molecule has 1 aliphatic heterocycles. The number of hydrogen-bond donors (Lipinski definition) is 1. The van der Waals surface area contributed by atoms with Crippen LogP contribution in [0, 0.1) is 6.92 Å². The van der Waals surface area contributed by atoms with Crippen LogP contribution >= 0.6 is 0 Å². The lowest BCUT2D eigenvalue weighted by molar-refractivity contribution is 0.218. The molecule has 0 bridgehead atoms. The Balaban J connectivity index is 1.72. The van der Waals surface area contributed by atoms with Crippen LogP contribution in [0.5, 0.6) is 0 Å². The predicted octanol–water partition coefficient (Wildman–Crippen LogP) is 2.36. The van der Waals surface area contributed by atoms with Crippen LogP contribution in [0.4, 0.5) is 0 Å². The van der Waals surface area contributed by atoms with E-state index in [1.165, 1.54) is 24.0 Å². The number of likely N-dealkylation sites (tertiary alicyclic amines) is 1. The highest BCUT2D eigenvalue weighted by atomic mass is 15.1. The molecule has 1 saturated heterocycles. The summed E-state index contributed by atoms with van der Waals surface area (Å²) in [4.78, 5) is 15.0. The second-order valence-corrected chi connectivity index (χ2v) is 5.84. The highest BCUT2D eigenvalue weighted by Crippen LogP contribution is 2.27. The van der Waals surface area contributed by atoms with Crippen molar-refractivity contribution in [3.05, 3.63) is 29.6 Å². The molecule has 0 aliphatic carbocycles. The third kappa shape index (κ3) is 5.22. The van der Waals surface area contributed by atoms with Crippen molar-refractivity contribution in [1.82, 2.24) is 9.88 Å². The number of hydrogen-bond acceptors (Lipinski definition) is 3. The van der Waals surface area contributed by atoms with Gasteiger partial charge in [-0.1, -0.05) is 6.07 Å². The van der Waals surface area contributed by atoms with Crippen molar-refractivity contribution in [3.63, 3.8) is 0 Å². The maximum absolute atomic E-state index is 5.63. The van der Waals surface area contributed by atoms with Crippen molar-refractivity contribution >= 4 is 12.2 Å². The molecule has 2 N–H and O–H groups in total. The molecule has 5 nitrogen and oxygen atoms in total. The van der Waals surface area contributed by atoms with Crippen LogP contribution in [0.25, 0.3) is 0 Å². The fourth-order valence-corrected chi connectivity index (χ4v) is 2.89. The molecule has 120 valence electrons. The number of aryl methyl sites for hydroxylation is 1. The summed E-state index contributed by atoms with van der Waals surface area (Å²) in [7, 11) is 0. The molecule has 5 heteroatoms. The van der Waals surface area contributed by atoms with E-state index in [1.807, 2.05) is 25.5 Å². The number of pyridine rings is 1. The molecule has 0 atom stereocenters. The summed E-state index contributed by atoms with van der Waals surface area (Å²) >= 11 is 0. The number of rotatable bonds is 5. The third-order valence-electron chi connectivity index (χ3n) is 4.07. The van der Waals surface area contributed by atoms with E-state index in [4.69, 9.17) is 5.73 Å². The molecule has 1 aromatic rings. The molecule has 22 heavy (non-hydrogen) atoms. The standard InChI is InChI=1S/C17H27N5/c1-3-20-17(18)21-7-4-8-22-9-5-15(6-10-22)16-11-14(2)12-19-13-16/h7,11-13,15H,3-6,8-10H2,1-2H3,(H2,18,20)/b21-7-. The van der Waals surface area contributed by atoms with Crippen molar-refractivity contribution < 1.29 is 0 Å². The minimum absolute atomic E-state index is 0.383. The van der Waals surface area contributed by atoms with E-state index in [0.717, 1.165) is 26.1 Å². The number of aliphatic imine (C=N–C) groups is 2. The SMILES string of the molecule is CCN=C(N)/N=C\CCN1CCC(c2cncc(C)c2)CC1. The lowest BCUT2D eigenvalue weighted by Crippen LogP contribution is -2.33. The second kappa shape index (κ2) is 8.63. The zero-order valence-corrected chi connectivity index (χ0v) is 13.7. The van der Waals surface area contributed by atoms with Crippen molar-refractivity contribution in [3.8, 4) is 0 Å². The number of aromatic nitrogens is 1. The fourth-order valence-electron chi connectivity index (χ4n) is 2.89. The summed E-state index contributed by atoms with van der Waals surface area (Å²) in [6, 6.07) is 2.27. The van der Waals surface area contributed by atoms with Gasteiger partial charge in [0.15, 0.2) is 0 Å². The van der Waals surface area contributed by atoms with Crippen LogP contribution in [0.2, 0.25) is 0 Å². The molecule has 1 aliphatic rings. The van der Waals surface area contributed by atoms with Crippen LogP contribution < -0.4 is 5.73 Å². The highest BCUT2D eigenvalue weighted by molar-refractivity contribution is 5.86. The molecule has 2 heterocycles. The smallest absolute Gasteiger partial charge is 0.214 e. The normalized spacial score (nSPS) is 18.2. The molecule has 0 saturated carbocycles. The summed E-state index contributed by atoms with van der Waals surface area (Å²) in [6.07, 6.45) is 9.17. The van der Waals surface area contributed by atoms with Crippen molar-refractivity contribution in [2.45, 2.75) is 39.0 Å². The predicted molar refractivity (Wildman–Crippen MR) is 92.7 cm³/mol. The van der Waals surface area contributed by atoms with E-state index in [9.17, 15) is 0 Å². The average Bonchev–Trinajstić information content (AvgIpc) is 2.52. The van der Waals surface area contributed by atoms with Gasteiger partial charge in [-0.15, -0.1) is 0 Å². The fraction of sp³-hybridized carbons (Fsp3) is 0.588. The summed E-state index contributed by atoms with van der Waals surface area (Å²) in [5.41, 5.74) is 8.28. The Hall–Kier alpha value is -1.75. The molecule has 0 aromatic carbocycles. The zero-order valence-electron chi connectivity index (χ0n) is 13.7. The molecule has 0 spiro atoms. The Morgan fingerprint density at radius 2 is 2.18 bits per heavy atom. The number of nitrogens with zero attached hydrogens (tertiary/aromatic N) is 4. The Bertz CT molecular complexity index is 516. The van der Waals surface area contributed by atoms with Crippen molar-refractivity contribution in [2.75, 3.05) is 26.2 Å². The average molecular weight is 301 g/mol. The quantitative estimate of drug-likeness (QED) is 0.670. The van der Waals surface area contributed by atoms with E-state index in [-0.39, 0.29) is 0 Å². The summed E-state index contributed by atoms with van der Waals surface area (Å²) in [5, 5.41) is 0. The van der Waals surface area contributed by atoms with E-state index in [0.29, 0.717) is 18.4 Å². The van der Waals surface area contributed by atoms with Gasteiger partial charge in [-0.25, -0.2) is 4.99 Å². The first-order chi connectivity index (χ1) is 10.7. The highest BCUT2D eigenvalue weighted by Gasteiger charge is 2.20. The van der Waals surface area contributed by atoms with Gasteiger partial charge in [0.1, 0.15) is 0 Å². The summed E-state index contributed by atoms with van der Waals surface area (Å²) in [5.74, 6) is 1.04. The van der Waals surface area contributed by atoms with Gasteiger partial charge >= 0.3 is 0 Å². The first-order valence-electron chi connectivity index (χ1n) is 8.15. The minimum atomic E-state index is 0.383. The van der Waals surface area contributed by atoms with E-state index < -0.39 is 0 Å². The monoisotopic (exact) mass is 301 g/mol. The Kier molecular flexibility index (Phi) is 6.52. The molecule has 1 fully saturated rings. The Morgan fingerprint density at radius 3 is 2.86 bits per heavy atom. The van der Waals surface area contributed by atoms with Gasteiger partial charge in [-0.05, 0) is 63.2 Å². The van der Waals surface area contributed by atoms with Gasteiger partial charge in [0.2, 0.25) is 5.96 Å². The van der Waals surface area contributed by atoms with Crippen LogP contribution in [-0.2, 0) is 0 Å². The van der Waals surface area contributed by atoms with E-state index in [2.05, 4.69) is 32.9 Å². The van der Waals surface area contributed by atoms with Crippen LogP contribution in [-0.4, -0.2) is 48.2 Å². The van der Waals surface area contributed by atoms with E-state index >= 15 is 0 Å². The van der Waals surface area contributed by atoms with Gasteiger partial charge in [-0.2, -0.15) is 0 Å². The molecule has 0 amide bonds. The molecular weight excluding hydrogens is 274 g/mol. The number of nitrogens with two attached hydrogens (primary N) is 1. The van der Waals surface area contributed by atoms with Crippen molar-refractivity contribution in [2.24, 2.45) is 15.7 Å². The van der Waals surface area contributed by atoms with Crippen LogP contribution in [0.3, 0.4) is 0 Å². The first kappa shape index (κ1) is 16.6. The molecule has 0 unspecified atom stereocenters. The minimum Gasteiger partial charge on any atom is -0.368 e. The van der Waals surface area contributed by atoms with Gasteiger partial charge in [0.25, 0.3) is 0 Å². The zero-order chi connectivity index (χ0) is 15.8. The lowest BCUT2D eigenvalue weighted by atomic mass is 9.90. The summed E-state index contributed by atoms with van der Waals surface area (Å²) < 4.78 is 0. The van der Waals surface area contributed by atoms with Crippen LogP contribution in [0.15, 0.2) is 28.4 Å². The second-order valence-electron chi connectivity index (χ2n) is 5.84. The molecule has 1 aromatic heterocycles. The topological polar surface area (TPSA) is 66.9 Å². The van der Waals surface area contributed by atoms with Gasteiger partial charge in [0.05, 0.1) is 0 Å². The molecule has 2 rings (SSSR count). The number of guanidine groups is 1. The van der Waals surface area contributed by atoms with Crippen molar-refractivity contribution in [1.29, 1.82) is 0 Å². The van der Waals surface area contributed by atoms with Gasteiger partial charge < -0.3 is 10.6 Å². The maximum Gasteiger partial charge on any atom is 0.214 e. The van der Waals surface area contributed by atoms with Gasteiger partial charge in [0, 0.05) is 31.7 Å². The lowest BCUT2D eigenvalue weighted by Gasteiger charge is -2.31. The largest absolute Gasteiger partial charge is 0.368 e. The number of piperidine rings is 1. The third-order valence-corrected chi connectivity index (χ3v) is 4.07. The Morgan fingerprint density at radius 1 is 1.41 bits per heavy atom. The molecular formula is C17H27N5. The van der Waals surface area contributed by atoms with Gasteiger partial charge in [-0.3, -0.25) is 9.98 Å². The molecule has 0 radical (unpaired) electrons.